The Morgan fingerprint density at radius 3 is 2.56 bits per heavy atom. The van der Waals surface area contributed by atoms with Crippen LogP contribution in [0.25, 0.3) is 0 Å². The van der Waals surface area contributed by atoms with Crippen LogP contribution in [0.2, 0.25) is 0 Å². The average Bonchev–Trinajstić information content (AvgIpc) is 3.07. The van der Waals surface area contributed by atoms with Crippen LogP contribution in [-0.2, 0) is 6.42 Å². The van der Waals surface area contributed by atoms with Gasteiger partial charge in [0.2, 0.25) is 0 Å². The van der Waals surface area contributed by atoms with Gasteiger partial charge in [-0.3, -0.25) is 0 Å². The van der Waals surface area contributed by atoms with E-state index in [1.807, 2.05) is 12.1 Å². The fraction of sp³-hybridized carbons (Fsp3) is 0.571. The number of phenolic OH excluding ortho intramolecular Hbond substituents is 1. The molecule has 0 unspecified atom stereocenters. The topological polar surface area (TPSA) is 52.9 Å². The fourth-order valence-corrected chi connectivity index (χ4v) is 7.09. The Morgan fingerprint density at radius 2 is 1.81 bits per heavy atom. The molecular formula is C28H37NO3. The van der Waals surface area contributed by atoms with Gasteiger partial charge in [-0.15, -0.1) is 0 Å². The molecule has 4 nitrogen and oxygen atoms in total. The van der Waals surface area contributed by atoms with E-state index in [2.05, 4.69) is 56.3 Å². The second kappa shape index (κ2) is 8.39. The Labute approximate surface area is 192 Å². The number of nitrogens with zero attached hydrogens (tertiary/aromatic N) is 1. The number of rotatable bonds is 5. The maximum atomic E-state index is 10.9. The monoisotopic (exact) mass is 435 g/mol. The van der Waals surface area contributed by atoms with Gasteiger partial charge >= 0.3 is 0 Å². The first-order chi connectivity index (χ1) is 15.4. The van der Waals surface area contributed by atoms with Gasteiger partial charge in [0, 0.05) is 6.54 Å². The number of hydrogen-bond donors (Lipinski definition) is 2. The van der Waals surface area contributed by atoms with Crippen molar-refractivity contribution in [1.82, 2.24) is 4.90 Å². The molecule has 3 aliphatic rings. The van der Waals surface area contributed by atoms with Crippen LogP contribution in [0.1, 0.15) is 61.1 Å². The highest BCUT2D eigenvalue weighted by molar-refractivity contribution is 5.44. The van der Waals surface area contributed by atoms with E-state index < -0.39 is 0 Å². The molecule has 6 atom stereocenters. The maximum Gasteiger partial charge on any atom is 0.119 e. The molecule has 2 aromatic carbocycles. The Balaban J connectivity index is 1.47. The second-order valence-electron chi connectivity index (χ2n) is 10.8. The summed E-state index contributed by atoms with van der Waals surface area (Å²) in [5.74, 6) is 3.26. The van der Waals surface area contributed by atoms with Crippen LogP contribution in [-0.4, -0.2) is 48.5 Å². The van der Waals surface area contributed by atoms with Gasteiger partial charge in [-0.25, -0.2) is 0 Å². The van der Waals surface area contributed by atoms with E-state index in [1.54, 1.807) is 0 Å². The number of aliphatic hydroxyl groups excluding tert-OH is 1. The molecule has 32 heavy (non-hydrogen) atoms. The van der Waals surface area contributed by atoms with Gasteiger partial charge in [0.05, 0.1) is 6.10 Å². The van der Waals surface area contributed by atoms with Crippen molar-refractivity contribution in [1.29, 1.82) is 0 Å². The number of hydrogen-bond acceptors (Lipinski definition) is 4. The van der Waals surface area contributed by atoms with E-state index >= 15 is 0 Å². The van der Waals surface area contributed by atoms with Gasteiger partial charge in [-0.1, -0.05) is 25.1 Å². The highest BCUT2D eigenvalue weighted by Crippen LogP contribution is 2.63. The molecule has 172 valence electrons. The van der Waals surface area contributed by atoms with Crippen molar-refractivity contribution in [2.24, 2.45) is 17.3 Å². The highest BCUT2D eigenvalue weighted by Gasteiger charge is 2.56. The van der Waals surface area contributed by atoms with Crippen LogP contribution in [0.5, 0.6) is 11.5 Å². The van der Waals surface area contributed by atoms with Crippen LogP contribution in [0.15, 0.2) is 42.5 Å². The van der Waals surface area contributed by atoms with E-state index in [0.717, 1.165) is 44.4 Å². The van der Waals surface area contributed by atoms with Crippen molar-refractivity contribution in [2.75, 3.05) is 27.2 Å². The molecule has 2 fully saturated rings. The maximum absolute atomic E-state index is 10.9. The molecule has 0 amide bonds. The third kappa shape index (κ3) is 3.72. The van der Waals surface area contributed by atoms with Crippen LogP contribution >= 0.6 is 0 Å². The molecule has 0 spiro atoms. The number of phenols is 1. The molecule has 2 N–H and O–H groups in total. The molecule has 4 heteroatoms. The molecule has 0 aliphatic heterocycles. The predicted octanol–water partition coefficient (Wildman–Crippen LogP) is 4.94. The first kappa shape index (κ1) is 21.8. The smallest absolute Gasteiger partial charge is 0.119 e. The molecule has 3 aliphatic carbocycles. The zero-order valence-electron chi connectivity index (χ0n) is 19.6. The van der Waals surface area contributed by atoms with E-state index in [0.29, 0.717) is 36.0 Å². The molecule has 2 saturated carbocycles. The summed E-state index contributed by atoms with van der Waals surface area (Å²) in [6, 6.07) is 14.7. The zero-order chi connectivity index (χ0) is 22.5. The highest BCUT2D eigenvalue weighted by atomic mass is 16.5. The molecular weight excluding hydrogens is 398 g/mol. The van der Waals surface area contributed by atoms with Gasteiger partial charge in [0.25, 0.3) is 0 Å². The molecule has 2 aromatic rings. The summed E-state index contributed by atoms with van der Waals surface area (Å²) in [7, 11) is 4.11. The standard InChI is InChI=1S/C28H37NO3/c1-28-13-12-23-22-9-6-20(30)16-19(22)17-24(27(23)25(28)10-11-26(28)31)18-4-7-21(8-5-18)32-15-14-29(2)3/h4-9,16,23-27,30-31H,10-15,17H2,1-3H3/t23-,24-,25+,26+,27+,28+/m1/s1. The summed E-state index contributed by atoms with van der Waals surface area (Å²) in [6.45, 7) is 3.92. The molecule has 0 radical (unpaired) electrons. The molecule has 5 rings (SSSR count). The Bertz CT molecular complexity index is 956. The van der Waals surface area contributed by atoms with Gasteiger partial charge in [-0.2, -0.15) is 0 Å². The zero-order valence-corrected chi connectivity index (χ0v) is 19.6. The number of aromatic hydroxyl groups is 1. The van der Waals surface area contributed by atoms with Crippen molar-refractivity contribution >= 4 is 0 Å². The van der Waals surface area contributed by atoms with Crippen LogP contribution in [0, 0.1) is 17.3 Å². The summed E-state index contributed by atoms with van der Waals surface area (Å²) < 4.78 is 5.93. The van der Waals surface area contributed by atoms with E-state index in [4.69, 9.17) is 4.74 Å². The summed E-state index contributed by atoms with van der Waals surface area (Å²) in [5.41, 5.74) is 4.11. The Morgan fingerprint density at radius 1 is 1.03 bits per heavy atom. The van der Waals surface area contributed by atoms with Gasteiger partial charge in [0.15, 0.2) is 0 Å². The third-order valence-electron chi connectivity index (χ3n) is 8.83. The number of benzene rings is 2. The Kier molecular flexibility index (Phi) is 5.71. The number of aliphatic hydroxyl groups is 1. The predicted molar refractivity (Wildman–Crippen MR) is 127 cm³/mol. The first-order valence-electron chi connectivity index (χ1n) is 12.2. The van der Waals surface area contributed by atoms with Crippen molar-refractivity contribution in [3.05, 3.63) is 59.2 Å². The fourth-order valence-electron chi connectivity index (χ4n) is 7.09. The van der Waals surface area contributed by atoms with Crippen LogP contribution in [0.3, 0.4) is 0 Å². The molecule has 0 heterocycles. The first-order valence-corrected chi connectivity index (χ1v) is 12.2. The average molecular weight is 436 g/mol. The normalized spacial score (nSPS) is 33.5. The lowest BCUT2D eigenvalue weighted by Gasteiger charge is -2.53. The minimum atomic E-state index is -0.178. The molecule has 0 saturated heterocycles. The molecule has 0 bridgehead atoms. The second-order valence-corrected chi connectivity index (χ2v) is 10.8. The van der Waals surface area contributed by atoms with E-state index in [1.165, 1.54) is 16.7 Å². The van der Waals surface area contributed by atoms with E-state index in [-0.39, 0.29) is 11.5 Å². The van der Waals surface area contributed by atoms with Gasteiger partial charge in [0.1, 0.15) is 18.1 Å². The lowest BCUT2D eigenvalue weighted by molar-refractivity contribution is -0.0282. The third-order valence-corrected chi connectivity index (χ3v) is 8.83. The minimum absolute atomic E-state index is 0.0308. The Hall–Kier alpha value is -2.04. The number of likely N-dealkylation sites (N-methyl/N-ethyl adjacent to an activating group) is 1. The SMILES string of the molecule is CN(C)CCOc1ccc([C@H]2Cc3cc(O)ccc3[C@H]3CC[C@]4(C)[C@@H](O)CC[C@H]4[C@H]23)cc1. The van der Waals surface area contributed by atoms with Crippen molar-refractivity contribution < 1.29 is 14.9 Å². The van der Waals surface area contributed by atoms with Gasteiger partial charge < -0.3 is 19.8 Å². The minimum Gasteiger partial charge on any atom is -0.508 e. The van der Waals surface area contributed by atoms with E-state index in [9.17, 15) is 10.2 Å². The number of ether oxygens (including phenoxy) is 1. The van der Waals surface area contributed by atoms with Gasteiger partial charge in [-0.05, 0) is 116 Å². The van der Waals surface area contributed by atoms with Crippen molar-refractivity contribution in [3.63, 3.8) is 0 Å². The lowest BCUT2D eigenvalue weighted by atomic mass is 9.51. The summed E-state index contributed by atoms with van der Waals surface area (Å²) in [5, 5.41) is 21.0. The summed E-state index contributed by atoms with van der Waals surface area (Å²) in [4.78, 5) is 2.12. The molecule has 0 aromatic heterocycles. The lowest BCUT2D eigenvalue weighted by Crippen LogP contribution is -2.46. The quantitative estimate of drug-likeness (QED) is 0.698. The van der Waals surface area contributed by atoms with Crippen LogP contribution in [0.4, 0.5) is 0 Å². The largest absolute Gasteiger partial charge is 0.508 e. The van der Waals surface area contributed by atoms with Crippen LogP contribution < -0.4 is 4.74 Å². The number of fused-ring (bicyclic) bond motifs is 5. The summed E-state index contributed by atoms with van der Waals surface area (Å²) >= 11 is 0. The van der Waals surface area contributed by atoms with Crippen molar-refractivity contribution in [2.45, 2.75) is 57.0 Å². The summed E-state index contributed by atoms with van der Waals surface area (Å²) in [6.07, 6.45) is 5.03. The van der Waals surface area contributed by atoms with Crippen molar-refractivity contribution in [3.8, 4) is 11.5 Å².